The van der Waals surface area contributed by atoms with Crippen molar-refractivity contribution in [3.63, 3.8) is 0 Å². The van der Waals surface area contributed by atoms with Gasteiger partial charge in [0.1, 0.15) is 5.39 Å². The molecule has 6 nitrogen and oxygen atoms in total. The van der Waals surface area contributed by atoms with Gasteiger partial charge in [0.2, 0.25) is 0 Å². The molecule has 0 radical (unpaired) electrons. The van der Waals surface area contributed by atoms with Crippen molar-refractivity contribution in [2.24, 2.45) is 0 Å². The van der Waals surface area contributed by atoms with E-state index in [1.807, 2.05) is 0 Å². The topological polar surface area (TPSA) is 67.8 Å². The molecule has 0 aliphatic heterocycles. The van der Waals surface area contributed by atoms with Crippen LogP contribution >= 0.6 is 0 Å². The number of hydrogen-bond acceptors (Lipinski definition) is 5. The van der Waals surface area contributed by atoms with Crippen LogP contribution in [0, 0.1) is 5.21 Å². The quantitative estimate of drug-likeness (QED) is 0.731. The van der Waals surface area contributed by atoms with E-state index in [2.05, 4.69) is 0 Å². The van der Waals surface area contributed by atoms with Crippen LogP contribution in [0.2, 0.25) is 0 Å². The van der Waals surface area contributed by atoms with Gasteiger partial charge in [0, 0.05) is 12.1 Å². The van der Waals surface area contributed by atoms with E-state index >= 15 is 0 Å². The normalized spacial score (nSPS) is 10.4. The van der Waals surface area contributed by atoms with Crippen molar-refractivity contribution in [3.8, 4) is 17.4 Å². The van der Waals surface area contributed by atoms with Gasteiger partial charge in [-0.05, 0) is 0 Å². The van der Waals surface area contributed by atoms with Gasteiger partial charge in [-0.25, -0.2) is 0 Å². The maximum Gasteiger partial charge on any atom is 0.435 e. The van der Waals surface area contributed by atoms with Gasteiger partial charge in [0.25, 0.3) is 0 Å². The number of methoxy groups -OCH3 is 3. The molecule has 2 aromatic rings. The van der Waals surface area contributed by atoms with Gasteiger partial charge in [-0.15, -0.1) is 0 Å². The van der Waals surface area contributed by atoms with E-state index in [4.69, 9.17) is 18.7 Å². The first-order valence-corrected chi connectivity index (χ1v) is 4.53. The van der Waals surface area contributed by atoms with Crippen LogP contribution in [-0.4, -0.2) is 21.3 Å². The zero-order valence-corrected chi connectivity index (χ0v) is 9.14. The zero-order chi connectivity index (χ0) is 11.7. The lowest BCUT2D eigenvalue weighted by atomic mass is 10.2. The molecule has 0 saturated heterocycles. The highest BCUT2D eigenvalue weighted by atomic mass is 16.7. The summed E-state index contributed by atoms with van der Waals surface area (Å²) in [5.74, 6) is 1.10. The van der Waals surface area contributed by atoms with Gasteiger partial charge in [-0.2, -0.15) is 0 Å². The number of nitrogens with zero attached hydrogens (tertiary/aromatic N) is 1. The second-order valence-electron chi connectivity index (χ2n) is 3.06. The van der Waals surface area contributed by atoms with Crippen molar-refractivity contribution < 1.29 is 23.6 Å². The summed E-state index contributed by atoms with van der Waals surface area (Å²) in [7, 11) is 4.42. The Hall–Kier alpha value is -2.11. The fourth-order valence-corrected chi connectivity index (χ4v) is 1.52. The average Bonchev–Trinajstić information content (AvgIpc) is 2.61. The van der Waals surface area contributed by atoms with E-state index in [0.717, 1.165) is 0 Å². The van der Waals surface area contributed by atoms with E-state index in [0.29, 0.717) is 27.4 Å². The number of ether oxygens (including phenoxy) is 3. The summed E-state index contributed by atoms with van der Waals surface area (Å²) in [5, 5.41) is 11.8. The number of hydrogen-bond donors (Lipinski definition) is 0. The summed E-state index contributed by atoms with van der Waals surface area (Å²) < 4.78 is 20.1. The second kappa shape index (κ2) is 3.80. The second-order valence-corrected chi connectivity index (χ2v) is 3.06. The molecule has 0 unspecified atom stereocenters. The number of rotatable bonds is 3. The van der Waals surface area contributed by atoms with Gasteiger partial charge in [0.05, 0.1) is 31.8 Å². The van der Waals surface area contributed by atoms with Crippen LogP contribution in [0.5, 0.6) is 17.4 Å². The summed E-state index contributed by atoms with van der Waals surface area (Å²) in [5.41, 5.74) is 0.379. The van der Waals surface area contributed by atoms with Crippen molar-refractivity contribution in [2.75, 3.05) is 21.3 Å². The summed E-state index contributed by atoms with van der Waals surface area (Å²) in [4.78, 5) is 0.309. The Bertz CT molecular complexity index is 519. The van der Waals surface area contributed by atoms with E-state index in [9.17, 15) is 5.21 Å². The molecular formula is C10H11NO5. The lowest BCUT2D eigenvalue weighted by Gasteiger charge is -2.06. The van der Waals surface area contributed by atoms with Crippen LogP contribution in [0.25, 0.3) is 11.0 Å². The monoisotopic (exact) mass is 225 g/mol. The van der Waals surface area contributed by atoms with Crippen molar-refractivity contribution in [3.05, 3.63) is 17.3 Å². The van der Waals surface area contributed by atoms with Gasteiger partial charge in [-0.1, -0.05) is 0 Å². The SMILES string of the molecule is COc1cc2o[n+]([O-])c(OC)c2cc1OC. The van der Waals surface area contributed by atoms with E-state index in [1.54, 1.807) is 12.1 Å². The summed E-state index contributed by atoms with van der Waals surface area (Å²) >= 11 is 0. The minimum Gasteiger partial charge on any atom is -0.493 e. The van der Waals surface area contributed by atoms with Crippen LogP contribution in [0.15, 0.2) is 16.7 Å². The van der Waals surface area contributed by atoms with Crippen molar-refractivity contribution in [2.45, 2.75) is 0 Å². The lowest BCUT2D eigenvalue weighted by molar-refractivity contribution is -0.791. The molecule has 0 aliphatic rings. The molecule has 0 aliphatic carbocycles. The van der Waals surface area contributed by atoms with Crippen LogP contribution in [0.4, 0.5) is 0 Å². The minimum absolute atomic E-state index is 0.0935. The lowest BCUT2D eigenvalue weighted by Crippen LogP contribution is -2.24. The maximum atomic E-state index is 11.3. The highest BCUT2D eigenvalue weighted by molar-refractivity contribution is 5.84. The Balaban J connectivity index is 2.73. The maximum absolute atomic E-state index is 11.3. The summed E-state index contributed by atoms with van der Waals surface area (Å²) in [6.07, 6.45) is 0. The molecule has 0 saturated carbocycles. The highest BCUT2D eigenvalue weighted by Gasteiger charge is 2.20. The first-order chi connectivity index (χ1) is 7.71. The highest BCUT2D eigenvalue weighted by Crippen LogP contribution is 2.35. The molecule has 0 fully saturated rings. The average molecular weight is 225 g/mol. The molecule has 0 bridgehead atoms. The van der Waals surface area contributed by atoms with Gasteiger partial charge >= 0.3 is 5.88 Å². The molecular weight excluding hydrogens is 214 g/mol. The van der Waals surface area contributed by atoms with Crippen molar-refractivity contribution in [1.82, 2.24) is 0 Å². The predicted octanol–water partition coefficient (Wildman–Crippen LogP) is 1.09. The predicted molar refractivity (Wildman–Crippen MR) is 54.8 cm³/mol. The molecule has 16 heavy (non-hydrogen) atoms. The van der Waals surface area contributed by atoms with Crippen LogP contribution in [0.3, 0.4) is 0 Å². The van der Waals surface area contributed by atoms with Gasteiger partial charge in [-0.3, -0.25) is 5.21 Å². The largest absolute Gasteiger partial charge is 0.493 e. The number of benzene rings is 1. The van der Waals surface area contributed by atoms with E-state index in [1.165, 1.54) is 21.3 Å². The molecule has 0 amide bonds. The third-order valence-electron chi connectivity index (χ3n) is 2.26. The Morgan fingerprint density at radius 1 is 1.06 bits per heavy atom. The first kappa shape index (κ1) is 10.4. The molecule has 1 aromatic carbocycles. The Kier molecular flexibility index (Phi) is 2.47. The third-order valence-corrected chi connectivity index (χ3v) is 2.26. The molecule has 0 N–H and O–H groups in total. The molecule has 0 atom stereocenters. The first-order valence-electron chi connectivity index (χ1n) is 4.53. The standard InChI is InChI=1S/C10H11NO5/c1-13-8-4-6-7(5-9(8)14-2)16-11(12)10(6)15-3/h4-5H,1-3H3. The molecule has 2 rings (SSSR count). The van der Waals surface area contributed by atoms with Gasteiger partial charge < -0.3 is 18.7 Å². The molecule has 0 spiro atoms. The minimum atomic E-state index is 0.0935. The Labute approximate surface area is 91.5 Å². The van der Waals surface area contributed by atoms with E-state index in [-0.39, 0.29) is 5.88 Å². The van der Waals surface area contributed by atoms with Crippen molar-refractivity contribution >= 4 is 11.0 Å². The summed E-state index contributed by atoms with van der Waals surface area (Å²) in [6, 6.07) is 3.20. The molecule has 6 heteroatoms. The van der Waals surface area contributed by atoms with Gasteiger partial charge in [0.15, 0.2) is 11.5 Å². The molecule has 1 heterocycles. The van der Waals surface area contributed by atoms with Crippen LogP contribution in [0.1, 0.15) is 0 Å². The fraction of sp³-hybridized carbons (Fsp3) is 0.300. The number of aromatic nitrogens is 1. The Morgan fingerprint density at radius 3 is 2.25 bits per heavy atom. The fourth-order valence-electron chi connectivity index (χ4n) is 1.52. The van der Waals surface area contributed by atoms with Crippen molar-refractivity contribution in [1.29, 1.82) is 0 Å². The Morgan fingerprint density at radius 2 is 1.69 bits per heavy atom. The smallest absolute Gasteiger partial charge is 0.435 e. The number of fused-ring (bicyclic) bond motifs is 1. The zero-order valence-electron chi connectivity index (χ0n) is 9.14. The van der Waals surface area contributed by atoms with Crippen LogP contribution < -0.4 is 19.1 Å². The third kappa shape index (κ3) is 1.39. The molecule has 1 aromatic heterocycles. The van der Waals surface area contributed by atoms with E-state index < -0.39 is 0 Å². The molecule has 86 valence electrons. The summed E-state index contributed by atoms with van der Waals surface area (Å²) in [6.45, 7) is 0. The van der Waals surface area contributed by atoms with Crippen LogP contribution in [-0.2, 0) is 0 Å².